The van der Waals surface area contributed by atoms with Crippen LogP contribution in [0.4, 0.5) is 0 Å². The van der Waals surface area contributed by atoms with Gasteiger partial charge < -0.3 is 9.84 Å². The predicted octanol–water partition coefficient (Wildman–Crippen LogP) is 4.61. The van der Waals surface area contributed by atoms with Crippen molar-refractivity contribution in [2.24, 2.45) is 17.3 Å². The van der Waals surface area contributed by atoms with Gasteiger partial charge in [-0.25, -0.2) is 4.79 Å². The molecule has 1 N–H and O–H groups in total. The lowest BCUT2D eigenvalue weighted by molar-refractivity contribution is -0.144. The van der Waals surface area contributed by atoms with E-state index >= 15 is 0 Å². The van der Waals surface area contributed by atoms with Gasteiger partial charge in [0.2, 0.25) is 5.78 Å². The number of allylic oxidation sites excluding steroid dienone is 7. The van der Waals surface area contributed by atoms with Crippen molar-refractivity contribution >= 4 is 11.8 Å². The number of rotatable bonds is 5. The molecule has 0 radical (unpaired) electrons. The highest BCUT2D eigenvalue weighted by atomic mass is 16.5. The summed E-state index contributed by atoms with van der Waals surface area (Å²) in [7, 11) is 0. The molecular weight excluding hydrogens is 328 g/mol. The second-order valence-corrected chi connectivity index (χ2v) is 7.46. The smallest absolute Gasteiger partial charge is 0.331 e. The SMILES string of the molecule is CCC(C)/C=C(C)/C=C/C(=O)OC1C=CC2=CC(=O)C(O)=CC2(C)C1C. The van der Waals surface area contributed by atoms with Crippen molar-refractivity contribution in [3.8, 4) is 0 Å². The fourth-order valence-corrected chi connectivity index (χ4v) is 3.27. The van der Waals surface area contributed by atoms with E-state index in [0.29, 0.717) is 5.92 Å². The van der Waals surface area contributed by atoms with Gasteiger partial charge in [-0.15, -0.1) is 0 Å². The third-order valence-corrected chi connectivity index (χ3v) is 5.43. The van der Waals surface area contributed by atoms with Crippen molar-refractivity contribution in [3.05, 3.63) is 59.4 Å². The lowest BCUT2D eigenvalue weighted by atomic mass is 9.64. The molecule has 4 unspecified atom stereocenters. The number of aliphatic hydroxyl groups is 1. The van der Waals surface area contributed by atoms with Crippen LogP contribution in [0.15, 0.2) is 59.4 Å². The van der Waals surface area contributed by atoms with E-state index in [2.05, 4.69) is 19.9 Å². The first-order chi connectivity index (χ1) is 12.2. The van der Waals surface area contributed by atoms with Crippen LogP contribution >= 0.6 is 0 Å². The molecule has 0 heterocycles. The zero-order valence-electron chi connectivity index (χ0n) is 16.2. The van der Waals surface area contributed by atoms with E-state index in [4.69, 9.17) is 4.74 Å². The van der Waals surface area contributed by atoms with Crippen molar-refractivity contribution in [2.45, 2.75) is 47.1 Å². The number of hydrogen-bond acceptors (Lipinski definition) is 4. The molecule has 2 aliphatic rings. The lowest BCUT2D eigenvalue weighted by Gasteiger charge is -2.42. The quantitative estimate of drug-likeness (QED) is 0.444. The Morgan fingerprint density at radius 2 is 2.12 bits per heavy atom. The minimum Gasteiger partial charge on any atom is -0.504 e. The summed E-state index contributed by atoms with van der Waals surface area (Å²) in [5, 5.41) is 9.82. The van der Waals surface area contributed by atoms with Crippen LogP contribution in [0.25, 0.3) is 0 Å². The first-order valence-electron chi connectivity index (χ1n) is 9.11. The van der Waals surface area contributed by atoms with E-state index < -0.39 is 23.3 Å². The molecule has 0 aromatic rings. The van der Waals surface area contributed by atoms with Crippen LogP contribution in [0.3, 0.4) is 0 Å². The molecular formula is C22H28O4. The summed E-state index contributed by atoms with van der Waals surface area (Å²) in [5.41, 5.74) is 1.30. The topological polar surface area (TPSA) is 63.6 Å². The Kier molecular flexibility index (Phi) is 6.06. The van der Waals surface area contributed by atoms with Gasteiger partial charge in [0.1, 0.15) is 6.10 Å². The summed E-state index contributed by atoms with van der Waals surface area (Å²) in [5.74, 6) is -0.691. The van der Waals surface area contributed by atoms with Crippen molar-refractivity contribution in [1.29, 1.82) is 0 Å². The maximum absolute atomic E-state index is 12.2. The molecule has 140 valence electrons. The number of hydrogen-bond donors (Lipinski definition) is 1. The standard InChI is InChI=1S/C22H28O4/c1-6-14(2)11-15(3)7-10-21(25)26-20-9-8-17-12-18(23)19(24)13-22(17,5)16(20)4/h7-14,16,20,24H,6H2,1-5H3/b10-7+,15-11+. The molecule has 2 aliphatic carbocycles. The van der Waals surface area contributed by atoms with Gasteiger partial charge in [-0.05, 0) is 36.6 Å². The maximum atomic E-state index is 12.2. The van der Waals surface area contributed by atoms with Crippen molar-refractivity contribution < 1.29 is 19.4 Å². The van der Waals surface area contributed by atoms with E-state index in [-0.39, 0.29) is 11.7 Å². The van der Waals surface area contributed by atoms with Crippen LogP contribution < -0.4 is 0 Å². The van der Waals surface area contributed by atoms with Gasteiger partial charge in [0, 0.05) is 17.4 Å². The molecule has 26 heavy (non-hydrogen) atoms. The number of ether oxygens (including phenoxy) is 1. The van der Waals surface area contributed by atoms with Crippen LogP contribution in [0.1, 0.15) is 41.0 Å². The second-order valence-electron chi connectivity index (χ2n) is 7.46. The molecule has 0 fully saturated rings. The zero-order valence-corrected chi connectivity index (χ0v) is 16.2. The van der Waals surface area contributed by atoms with E-state index in [1.54, 1.807) is 24.3 Å². The fourth-order valence-electron chi connectivity index (χ4n) is 3.27. The first kappa shape index (κ1) is 20.0. The molecule has 0 amide bonds. The van der Waals surface area contributed by atoms with Crippen molar-refractivity contribution in [1.82, 2.24) is 0 Å². The van der Waals surface area contributed by atoms with Gasteiger partial charge in [-0.3, -0.25) is 4.79 Å². The third-order valence-electron chi connectivity index (χ3n) is 5.43. The molecule has 0 saturated heterocycles. The highest BCUT2D eigenvalue weighted by molar-refractivity contribution is 6.04. The summed E-state index contributed by atoms with van der Waals surface area (Å²) >= 11 is 0. The van der Waals surface area contributed by atoms with E-state index in [1.165, 1.54) is 12.2 Å². The summed E-state index contributed by atoms with van der Waals surface area (Å²) in [6.07, 6.45) is 12.6. The Morgan fingerprint density at radius 3 is 2.77 bits per heavy atom. The molecule has 0 spiro atoms. The van der Waals surface area contributed by atoms with Crippen molar-refractivity contribution in [3.63, 3.8) is 0 Å². The van der Waals surface area contributed by atoms with Gasteiger partial charge in [-0.2, -0.15) is 0 Å². The zero-order chi connectivity index (χ0) is 19.5. The van der Waals surface area contributed by atoms with Crippen molar-refractivity contribution in [2.75, 3.05) is 0 Å². The minimum absolute atomic E-state index is 0.108. The van der Waals surface area contributed by atoms with E-state index in [9.17, 15) is 14.7 Å². The lowest BCUT2D eigenvalue weighted by Crippen LogP contribution is -2.40. The normalized spacial score (nSPS) is 29.9. The van der Waals surface area contributed by atoms with E-state index in [0.717, 1.165) is 17.6 Å². The Bertz CT molecular complexity index is 735. The number of ketones is 1. The largest absolute Gasteiger partial charge is 0.504 e. The van der Waals surface area contributed by atoms with Gasteiger partial charge in [0.05, 0.1) is 0 Å². The first-order valence-corrected chi connectivity index (χ1v) is 9.11. The Morgan fingerprint density at radius 1 is 1.42 bits per heavy atom. The Balaban J connectivity index is 2.10. The molecule has 4 nitrogen and oxygen atoms in total. The molecule has 4 heteroatoms. The van der Waals surface area contributed by atoms with Crippen LogP contribution in [-0.2, 0) is 14.3 Å². The third kappa shape index (κ3) is 4.24. The summed E-state index contributed by atoms with van der Waals surface area (Å²) in [6, 6.07) is 0. The Labute approximate surface area is 155 Å². The van der Waals surface area contributed by atoms with Crippen LogP contribution in [0, 0.1) is 17.3 Å². The maximum Gasteiger partial charge on any atom is 0.331 e. The second kappa shape index (κ2) is 7.90. The Hall–Kier alpha value is -2.36. The van der Waals surface area contributed by atoms with Gasteiger partial charge in [0.25, 0.3) is 0 Å². The van der Waals surface area contributed by atoms with Crippen LogP contribution in [-0.4, -0.2) is 23.0 Å². The van der Waals surface area contributed by atoms with Gasteiger partial charge >= 0.3 is 5.97 Å². The fraction of sp³-hybridized carbons (Fsp3) is 0.455. The highest BCUT2D eigenvalue weighted by Crippen LogP contribution is 2.46. The number of fused-ring (bicyclic) bond motifs is 1. The van der Waals surface area contributed by atoms with E-state index in [1.807, 2.05) is 20.8 Å². The predicted molar refractivity (Wildman–Crippen MR) is 102 cm³/mol. The molecule has 0 aliphatic heterocycles. The molecule has 2 rings (SSSR count). The molecule has 0 bridgehead atoms. The van der Waals surface area contributed by atoms with Gasteiger partial charge in [-0.1, -0.05) is 57.9 Å². The minimum atomic E-state index is -0.548. The average Bonchev–Trinajstić information content (AvgIpc) is 2.58. The van der Waals surface area contributed by atoms with Gasteiger partial charge in [0.15, 0.2) is 5.76 Å². The summed E-state index contributed by atoms with van der Waals surface area (Å²) in [4.78, 5) is 23.9. The number of aliphatic hydroxyl groups excluding tert-OH is 1. The molecule has 0 aromatic carbocycles. The van der Waals surface area contributed by atoms with Crippen LogP contribution in [0.2, 0.25) is 0 Å². The highest BCUT2D eigenvalue weighted by Gasteiger charge is 2.43. The monoisotopic (exact) mass is 356 g/mol. The summed E-state index contributed by atoms with van der Waals surface area (Å²) in [6.45, 7) is 10.1. The number of carbonyl (C=O) groups is 2. The number of esters is 1. The number of carbonyl (C=O) groups excluding carboxylic acids is 2. The van der Waals surface area contributed by atoms with Crippen LogP contribution in [0.5, 0.6) is 0 Å². The summed E-state index contributed by atoms with van der Waals surface area (Å²) < 4.78 is 5.60. The average molecular weight is 356 g/mol. The molecule has 4 atom stereocenters. The molecule has 0 saturated carbocycles. The molecule has 0 aromatic heterocycles.